The number of guanidine groups is 1. The van der Waals surface area contributed by atoms with Gasteiger partial charge in [0.2, 0.25) is 5.96 Å². The fraction of sp³-hybridized carbons (Fsp3) is 0.429. The van der Waals surface area contributed by atoms with Gasteiger partial charge in [-0.05, 0) is 43.9 Å². The molecule has 2 aromatic rings. The van der Waals surface area contributed by atoms with E-state index in [2.05, 4.69) is 44.4 Å². The first-order chi connectivity index (χ1) is 14.6. The van der Waals surface area contributed by atoms with E-state index in [0.717, 1.165) is 36.8 Å². The lowest BCUT2D eigenvalue weighted by Gasteiger charge is -2.29. The first-order valence-electron chi connectivity index (χ1n) is 10.6. The molecule has 0 saturated heterocycles. The van der Waals surface area contributed by atoms with Crippen molar-refractivity contribution in [2.45, 2.75) is 56.7 Å². The summed E-state index contributed by atoms with van der Waals surface area (Å²) < 4.78 is 2.31. The van der Waals surface area contributed by atoms with Gasteiger partial charge in [-0.3, -0.25) is 15.6 Å². The van der Waals surface area contributed by atoms with Gasteiger partial charge < -0.3 is 26.7 Å². The molecule has 2 fully saturated rings. The summed E-state index contributed by atoms with van der Waals surface area (Å²) in [5, 5.41) is 7.63. The number of hydrazine groups is 1. The fourth-order valence-electron chi connectivity index (χ4n) is 4.31. The monoisotopic (exact) mass is 408 g/mol. The van der Waals surface area contributed by atoms with E-state index in [0.29, 0.717) is 17.8 Å². The van der Waals surface area contributed by atoms with Gasteiger partial charge in [-0.2, -0.15) is 0 Å². The molecule has 5 rings (SSSR count). The number of nitrogens with one attached hydrogen (secondary N) is 4. The van der Waals surface area contributed by atoms with Crippen molar-refractivity contribution in [3.8, 4) is 0 Å². The molecule has 2 saturated carbocycles. The van der Waals surface area contributed by atoms with Gasteiger partial charge in [0.15, 0.2) is 5.70 Å². The van der Waals surface area contributed by atoms with Gasteiger partial charge in [0.25, 0.3) is 5.91 Å². The minimum Gasteiger partial charge on any atom is -0.364 e. The standard InChI is InChI=1S/C21H28N8O/c22-14-4-1-2-5-16(14)25-21-26-20(18(19(23)30)27-28-21)24-15-6-3-7-17-13(15)10-11-29(17)12-8-9-12/h3,6-7,10-12,14,16,24,27H,1-2,4-5,8-9,22H2,(H2,23,30)(H2,25,26,28)/t14-,16+/m0/s1. The largest absolute Gasteiger partial charge is 0.364 e. The maximum atomic E-state index is 12.0. The second-order valence-corrected chi connectivity index (χ2v) is 8.30. The lowest BCUT2D eigenvalue weighted by Crippen LogP contribution is -2.55. The molecule has 9 nitrogen and oxygen atoms in total. The van der Waals surface area contributed by atoms with Crippen molar-refractivity contribution in [2.75, 3.05) is 5.32 Å². The normalized spacial score (nSPS) is 25.6. The summed E-state index contributed by atoms with van der Waals surface area (Å²) in [6, 6.07) is 8.90. The Morgan fingerprint density at radius 1 is 1.13 bits per heavy atom. The van der Waals surface area contributed by atoms with Crippen molar-refractivity contribution < 1.29 is 4.79 Å². The Hall–Kier alpha value is -3.20. The number of aliphatic imine (C=N–C) groups is 1. The number of nitrogens with zero attached hydrogens (tertiary/aromatic N) is 2. The smallest absolute Gasteiger partial charge is 0.270 e. The molecule has 0 spiro atoms. The third-order valence-corrected chi connectivity index (χ3v) is 6.09. The molecule has 2 atom stereocenters. The van der Waals surface area contributed by atoms with Crippen LogP contribution in [0.3, 0.4) is 0 Å². The van der Waals surface area contributed by atoms with Crippen molar-refractivity contribution in [1.29, 1.82) is 0 Å². The van der Waals surface area contributed by atoms with Crippen LogP contribution in [0.2, 0.25) is 0 Å². The summed E-state index contributed by atoms with van der Waals surface area (Å²) in [5.74, 6) is 0.414. The minimum absolute atomic E-state index is 0.0444. The molecule has 0 unspecified atom stereocenters. The zero-order valence-electron chi connectivity index (χ0n) is 16.8. The number of rotatable bonds is 5. The topological polar surface area (TPSA) is 135 Å². The number of hydrogen-bond acceptors (Lipinski definition) is 5. The molecular weight excluding hydrogens is 380 g/mol. The third-order valence-electron chi connectivity index (χ3n) is 6.09. The number of fused-ring (bicyclic) bond motifs is 1. The molecule has 1 aromatic heterocycles. The SMILES string of the molecule is NC(=O)C1=C(Nc2cccc3c2ccn3C2CC2)NC(=N[C@@H]2CCCC[C@@H]2N)NN1. The average Bonchev–Trinajstić information content (AvgIpc) is 3.48. The first-order valence-corrected chi connectivity index (χ1v) is 10.6. The summed E-state index contributed by atoms with van der Waals surface area (Å²) in [6.07, 6.45) is 8.76. The minimum atomic E-state index is -0.575. The predicted molar refractivity (Wildman–Crippen MR) is 117 cm³/mol. The molecule has 3 aliphatic rings. The quantitative estimate of drug-likeness (QED) is 0.442. The molecule has 1 aliphatic heterocycles. The van der Waals surface area contributed by atoms with E-state index in [9.17, 15) is 4.79 Å². The zero-order valence-corrected chi connectivity index (χ0v) is 16.8. The fourth-order valence-corrected chi connectivity index (χ4v) is 4.31. The maximum Gasteiger partial charge on any atom is 0.270 e. The number of amides is 1. The Labute approximate surface area is 174 Å². The van der Waals surface area contributed by atoms with Gasteiger partial charge in [0.05, 0.1) is 11.6 Å². The van der Waals surface area contributed by atoms with Crippen LogP contribution in [0.1, 0.15) is 44.6 Å². The van der Waals surface area contributed by atoms with Gasteiger partial charge >= 0.3 is 0 Å². The number of nitrogens with two attached hydrogens (primary N) is 2. The van der Waals surface area contributed by atoms with E-state index in [1.54, 1.807) is 0 Å². The molecule has 0 radical (unpaired) electrons. The molecule has 1 aromatic carbocycles. The second kappa shape index (κ2) is 7.56. The highest BCUT2D eigenvalue weighted by atomic mass is 16.1. The van der Waals surface area contributed by atoms with Crippen LogP contribution in [-0.2, 0) is 4.79 Å². The van der Waals surface area contributed by atoms with Gasteiger partial charge in [0, 0.05) is 29.4 Å². The molecule has 158 valence electrons. The van der Waals surface area contributed by atoms with Crippen LogP contribution in [0.15, 0.2) is 47.0 Å². The average molecular weight is 409 g/mol. The highest BCUT2D eigenvalue weighted by molar-refractivity contribution is 5.98. The number of primary amides is 1. The van der Waals surface area contributed by atoms with Crippen molar-refractivity contribution in [3.63, 3.8) is 0 Å². The number of carbonyl (C=O) groups is 1. The highest BCUT2D eigenvalue weighted by Crippen LogP contribution is 2.39. The predicted octanol–water partition coefficient (Wildman–Crippen LogP) is 1.37. The molecule has 8 N–H and O–H groups in total. The van der Waals surface area contributed by atoms with E-state index in [4.69, 9.17) is 16.5 Å². The third kappa shape index (κ3) is 3.56. The van der Waals surface area contributed by atoms with E-state index >= 15 is 0 Å². The lowest BCUT2D eigenvalue weighted by atomic mass is 9.91. The van der Waals surface area contributed by atoms with Gasteiger partial charge in [-0.25, -0.2) is 4.99 Å². The number of benzene rings is 1. The van der Waals surface area contributed by atoms with Crippen LogP contribution >= 0.6 is 0 Å². The summed E-state index contributed by atoms with van der Waals surface area (Å²) in [5.41, 5.74) is 19.9. The Kier molecular flexibility index (Phi) is 4.74. The maximum absolute atomic E-state index is 12.0. The Bertz CT molecular complexity index is 1030. The lowest BCUT2D eigenvalue weighted by molar-refractivity contribution is -0.115. The van der Waals surface area contributed by atoms with Crippen molar-refractivity contribution in [2.24, 2.45) is 16.5 Å². The van der Waals surface area contributed by atoms with Crippen LogP contribution in [0.5, 0.6) is 0 Å². The summed E-state index contributed by atoms with van der Waals surface area (Å²) >= 11 is 0. The van der Waals surface area contributed by atoms with Crippen LogP contribution in [0.4, 0.5) is 5.69 Å². The Morgan fingerprint density at radius 3 is 2.73 bits per heavy atom. The Morgan fingerprint density at radius 2 is 1.97 bits per heavy atom. The number of hydrogen-bond donors (Lipinski definition) is 6. The van der Waals surface area contributed by atoms with Crippen LogP contribution in [-0.4, -0.2) is 28.5 Å². The van der Waals surface area contributed by atoms with E-state index in [1.807, 2.05) is 12.1 Å². The molecule has 0 bridgehead atoms. The molecule has 1 amide bonds. The summed E-state index contributed by atoms with van der Waals surface area (Å²) in [6.45, 7) is 0. The molecule has 9 heteroatoms. The number of carbonyl (C=O) groups excluding carboxylic acids is 1. The molecule has 2 heterocycles. The zero-order chi connectivity index (χ0) is 20.7. The molecular formula is C21H28N8O. The van der Waals surface area contributed by atoms with Crippen LogP contribution in [0, 0.1) is 0 Å². The molecule has 30 heavy (non-hydrogen) atoms. The highest BCUT2D eigenvalue weighted by Gasteiger charge is 2.27. The second-order valence-electron chi connectivity index (χ2n) is 8.30. The van der Waals surface area contributed by atoms with Gasteiger partial charge in [0.1, 0.15) is 5.82 Å². The van der Waals surface area contributed by atoms with E-state index in [1.165, 1.54) is 18.4 Å². The Balaban J connectivity index is 1.43. The van der Waals surface area contributed by atoms with Crippen molar-refractivity contribution in [3.05, 3.63) is 42.0 Å². The van der Waals surface area contributed by atoms with E-state index in [-0.39, 0.29) is 17.8 Å². The van der Waals surface area contributed by atoms with Gasteiger partial charge in [-0.15, -0.1) is 0 Å². The number of anilines is 1. The summed E-state index contributed by atoms with van der Waals surface area (Å²) in [7, 11) is 0. The summed E-state index contributed by atoms with van der Waals surface area (Å²) in [4.78, 5) is 16.7. The first kappa shape index (κ1) is 18.8. The van der Waals surface area contributed by atoms with Crippen molar-refractivity contribution >= 4 is 28.5 Å². The van der Waals surface area contributed by atoms with Crippen LogP contribution in [0.25, 0.3) is 10.9 Å². The number of aromatic nitrogens is 1. The van der Waals surface area contributed by atoms with Crippen molar-refractivity contribution in [1.82, 2.24) is 20.7 Å². The molecule has 2 aliphatic carbocycles. The van der Waals surface area contributed by atoms with Crippen LogP contribution < -0.4 is 33.0 Å². The van der Waals surface area contributed by atoms with E-state index < -0.39 is 5.91 Å². The van der Waals surface area contributed by atoms with Gasteiger partial charge in [-0.1, -0.05) is 18.9 Å².